The minimum Gasteiger partial charge on any atom is -0.507 e. The van der Waals surface area contributed by atoms with Crippen LogP contribution in [0.4, 0.5) is 0 Å². The summed E-state index contributed by atoms with van der Waals surface area (Å²) < 4.78 is 0.664. The zero-order valence-corrected chi connectivity index (χ0v) is 9.30. The van der Waals surface area contributed by atoms with Gasteiger partial charge in [-0.25, -0.2) is 0 Å². The predicted molar refractivity (Wildman–Crippen MR) is 55.8 cm³/mol. The van der Waals surface area contributed by atoms with Gasteiger partial charge in [-0.1, -0.05) is 12.1 Å². The van der Waals surface area contributed by atoms with Crippen molar-refractivity contribution < 1.29 is 10.2 Å². The maximum Gasteiger partial charge on any atom is 0.130 e. The van der Waals surface area contributed by atoms with Gasteiger partial charge in [-0.3, -0.25) is 0 Å². The molecule has 0 amide bonds. The summed E-state index contributed by atoms with van der Waals surface area (Å²) in [5.74, 6) is 0.210. The van der Waals surface area contributed by atoms with Crippen LogP contribution < -0.4 is 0 Å². The van der Waals surface area contributed by atoms with E-state index in [2.05, 4.69) is 15.9 Å². The van der Waals surface area contributed by atoms with Gasteiger partial charge in [0.2, 0.25) is 0 Å². The highest BCUT2D eigenvalue weighted by Crippen LogP contribution is 2.29. The van der Waals surface area contributed by atoms with Crippen molar-refractivity contribution in [3.05, 3.63) is 28.2 Å². The Hall–Kier alpha value is -0.540. The standard InChI is InChI=1S/C10H13BrO2/c1-10(2,13)6-7-4-3-5-8(12)9(7)11/h3-5,12-13H,6H2,1-2H3. The lowest BCUT2D eigenvalue weighted by molar-refractivity contribution is 0.0808. The molecular formula is C10H13BrO2. The van der Waals surface area contributed by atoms with Gasteiger partial charge < -0.3 is 10.2 Å². The largest absolute Gasteiger partial charge is 0.507 e. The minimum absolute atomic E-state index is 0.210. The van der Waals surface area contributed by atoms with Gasteiger partial charge in [0.15, 0.2) is 0 Å². The number of benzene rings is 1. The third kappa shape index (κ3) is 3.01. The van der Waals surface area contributed by atoms with Gasteiger partial charge in [-0.2, -0.15) is 0 Å². The van der Waals surface area contributed by atoms with E-state index < -0.39 is 5.60 Å². The smallest absolute Gasteiger partial charge is 0.130 e. The van der Waals surface area contributed by atoms with Gasteiger partial charge in [0.05, 0.1) is 10.1 Å². The molecule has 0 aliphatic carbocycles. The summed E-state index contributed by atoms with van der Waals surface area (Å²) in [5, 5.41) is 19.0. The fourth-order valence-electron chi connectivity index (χ4n) is 1.17. The molecular weight excluding hydrogens is 232 g/mol. The normalized spacial score (nSPS) is 11.7. The first-order chi connectivity index (χ1) is 5.90. The Balaban J connectivity index is 2.96. The fraction of sp³-hybridized carbons (Fsp3) is 0.400. The number of hydrogen-bond acceptors (Lipinski definition) is 2. The van der Waals surface area contributed by atoms with Crippen LogP contribution in [0.25, 0.3) is 0 Å². The summed E-state index contributed by atoms with van der Waals surface area (Å²) in [5.41, 5.74) is 0.156. The van der Waals surface area contributed by atoms with Gasteiger partial charge in [0.1, 0.15) is 5.75 Å². The van der Waals surface area contributed by atoms with Crippen LogP contribution in [0.1, 0.15) is 19.4 Å². The molecule has 2 N–H and O–H groups in total. The van der Waals surface area contributed by atoms with Crippen molar-refractivity contribution in [1.82, 2.24) is 0 Å². The molecule has 0 spiro atoms. The van der Waals surface area contributed by atoms with Crippen LogP contribution in [0.15, 0.2) is 22.7 Å². The molecule has 0 unspecified atom stereocenters. The Bertz CT molecular complexity index is 302. The summed E-state index contributed by atoms with van der Waals surface area (Å²) in [6, 6.07) is 5.25. The number of hydrogen-bond donors (Lipinski definition) is 2. The molecule has 1 aromatic rings. The van der Waals surface area contributed by atoms with Crippen LogP contribution in [0.5, 0.6) is 5.75 Å². The Morgan fingerprint density at radius 2 is 2.00 bits per heavy atom. The molecule has 1 rings (SSSR count). The molecule has 0 aromatic heterocycles. The molecule has 0 heterocycles. The van der Waals surface area contributed by atoms with E-state index in [0.29, 0.717) is 10.9 Å². The Morgan fingerprint density at radius 1 is 1.38 bits per heavy atom. The maximum absolute atomic E-state index is 9.58. The van der Waals surface area contributed by atoms with Crippen molar-refractivity contribution >= 4 is 15.9 Å². The highest BCUT2D eigenvalue weighted by molar-refractivity contribution is 9.10. The van der Waals surface area contributed by atoms with Crippen LogP contribution in [0.3, 0.4) is 0 Å². The molecule has 0 saturated carbocycles. The molecule has 0 bridgehead atoms. The lowest BCUT2D eigenvalue weighted by Crippen LogP contribution is -2.21. The third-order valence-electron chi connectivity index (χ3n) is 1.68. The third-order valence-corrected chi connectivity index (χ3v) is 2.60. The summed E-state index contributed by atoms with van der Waals surface area (Å²) in [6.45, 7) is 3.48. The van der Waals surface area contributed by atoms with Crippen molar-refractivity contribution in [2.24, 2.45) is 0 Å². The minimum atomic E-state index is -0.754. The molecule has 1 aromatic carbocycles. The fourth-order valence-corrected chi connectivity index (χ4v) is 1.57. The van der Waals surface area contributed by atoms with Crippen LogP contribution in [0.2, 0.25) is 0 Å². The van der Waals surface area contributed by atoms with Crippen molar-refractivity contribution in [1.29, 1.82) is 0 Å². The number of phenols is 1. The quantitative estimate of drug-likeness (QED) is 0.840. The number of rotatable bonds is 2. The van der Waals surface area contributed by atoms with E-state index in [-0.39, 0.29) is 5.75 Å². The lowest BCUT2D eigenvalue weighted by Gasteiger charge is -2.18. The summed E-state index contributed by atoms with van der Waals surface area (Å²) in [6.07, 6.45) is 0.516. The monoisotopic (exact) mass is 244 g/mol. The van der Waals surface area contributed by atoms with Crippen LogP contribution in [-0.4, -0.2) is 15.8 Å². The summed E-state index contributed by atoms with van der Waals surface area (Å²) in [4.78, 5) is 0. The molecule has 0 aliphatic heterocycles. The van der Waals surface area contributed by atoms with E-state index >= 15 is 0 Å². The molecule has 72 valence electrons. The second-order valence-corrected chi connectivity index (χ2v) is 4.53. The van der Waals surface area contributed by atoms with Crippen LogP contribution in [0, 0.1) is 0 Å². The van der Waals surface area contributed by atoms with Crippen molar-refractivity contribution in [2.75, 3.05) is 0 Å². The van der Waals surface area contributed by atoms with E-state index in [0.717, 1.165) is 5.56 Å². The average molecular weight is 245 g/mol. The van der Waals surface area contributed by atoms with Gasteiger partial charge >= 0.3 is 0 Å². The molecule has 13 heavy (non-hydrogen) atoms. The van der Waals surface area contributed by atoms with E-state index in [9.17, 15) is 10.2 Å². The second kappa shape index (κ2) is 3.68. The second-order valence-electron chi connectivity index (χ2n) is 3.74. The Labute approximate surface area is 86.3 Å². The first-order valence-corrected chi connectivity index (χ1v) is 4.88. The van der Waals surface area contributed by atoms with Crippen molar-refractivity contribution in [3.63, 3.8) is 0 Å². The first-order valence-electron chi connectivity index (χ1n) is 4.09. The topological polar surface area (TPSA) is 40.5 Å². The zero-order chi connectivity index (χ0) is 10.1. The van der Waals surface area contributed by atoms with Gasteiger partial charge in [-0.15, -0.1) is 0 Å². The zero-order valence-electron chi connectivity index (χ0n) is 7.71. The van der Waals surface area contributed by atoms with E-state index in [4.69, 9.17) is 0 Å². The van der Waals surface area contributed by atoms with Crippen molar-refractivity contribution in [3.8, 4) is 5.75 Å². The van der Waals surface area contributed by atoms with Gasteiger partial charge in [0.25, 0.3) is 0 Å². The predicted octanol–water partition coefficient (Wildman–Crippen LogP) is 2.47. The highest BCUT2D eigenvalue weighted by atomic mass is 79.9. The van der Waals surface area contributed by atoms with Crippen LogP contribution >= 0.6 is 15.9 Å². The molecule has 0 radical (unpaired) electrons. The Kier molecular flexibility index (Phi) is 2.98. The molecule has 0 aliphatic rings. The SMILES string of the molecule is CC(C)(O)Cc1cccc(O)c1Br. The number of aromatic hydroxyl groups is 1. The number of aliphatic hydroxyl groups is 1. The molecule has 0 fully saturated rings. The van der Waals surface area contributed by atoms with E-state index in [1.807, 2.05) is 6.07 Å². The number of phenolic OH excluding ortho intramolecular Hbond substituents is 1. The van der Waals surface area contributed by atoms with Crippen molar-refractivity contribution in [2.45, 2.75) is 25.9 Å². The molecule has 3 heteroatoms. The average Bonchev–Trinajstić information content (AvgIpc) is 1.96. The van der Waals surface area contributed by atoms with Gasteiger partial charge in [-0.05, 0) is 41.4 Å². The first kappa shape index (κ1) is 10.5. The van der Waals surface area contributed by atoms with E-state index in [1.165, 1.54) is 0 Å². The maximum atomic E-state index is 9.58. The molecule has 0 saturated heterocycles. The summed E-state index contributed by atoms with van der Waals surface area (Å²) in [7, 11) is 0. The van der Waals surface area contributed by atoms with Crippen LogP contribution in [-0.2, 0) is 6.42 Å². The van der Waals surface area contributed by atoms with Gasteiger partial charge in [0, 0.05) is 6.42 Å². The Morgan fingerprint density at radius 3 is 2.54 bits per heavy atom. The lowest BCUT2D eigenvalue weighted by atomic mass is 9.99. The number of halogens is 1. The summed E-state index contributed by atoms with van der Waals surface area (Å²) >= 11 is 3.27. The highest BCUT2D eigenvalue weighted by Gasteiger charge is 2.16. The molecule has 0 atom stereocenters. The van der Waals surface area contributed by atoms with E-state index in [1.54, 1.807) is 26.0 Å². The molecule has 2 nitrogen and oxygen atoms in total.